The first-order chi connectivity index (χ1) is 30.0. The van der Waals surface area contributed by atoms with Crippen LogP contribution in [-0.4, -0.2) is 22.8 Å². The van der Waals surface area contributed by atoms with Crippen molar-refractivity contribution in [1.29, 1.82) is 0 Å². The zero-order chi connectivity index (χ0) is 41.4. The summed E-state index contributed by atoms with van der Waals surface area (Å²) in [6.07, 6.45) is 9.70. The van der Waals surface area contributed by atoms with Crippen molar-refractivity contribution in [2.45, 2.75) is 79.2 Å². The second kappa shape index (κ2) is 14.8. The number of hydrogen-bond donors (Lipinski definition) is 0. The first-order valence-corrected chi connectivity index (χ1v) is 22.4. The van der Waals surface area contributed by atoms with E-state index in [1.54, 1.807) is 0 Å². The maximum absolute atomic E-state index is 2.54. The number of aryl methyl sites for hydroxylation is 5. The minimum atomic E-state index is 0.0381. The number of fused-ring (bicyclic) bond motifs is 7. The minimum Gasteiger partial charge on any atom is -0.347 e. The highest BCUT2D eigenvalue weighted by Gasteiger charge is 2.29. The van der Waals surface area contributed by atoms with Crippen molar-refractivity contribution in [2.24, 2.45) is 0 Å². The molecule has 0 N–H and O–H groups in total. The summed E-state index contributed by atoms with van der Waals surface area (Å²) in [5.41, 5.74) is 15.8. The number of aromatic nitrogens is 5. The number of hydrogen-bond acceptors (Lipinski definition) is 0. The standard InChI is InChI=1S/C56H53N5/c1-6-57-33-45(39-19-11-15-23-49(39)57)55(46-34-58(7-2)50-24-16-12-20-40(46)50)37-27-29-53-43(31-37)44-32-38(28-30-54(44)61(53)10-5)56(47-35-59(8-3)51-25-17-13-21-41(47)51)48-36-60(9-4)52-26-18-14-22-42(48)52/h11-36,55-56H,6-10H2,1-5H3. The van der Waals surface area contributed by atoms with Crippen LogP contribution in [-0.2, 0) is 32.7 Å². The first kappa shape index (κ1) is 37.3. The van der Waals surface area contributed by atoms with Gasteiger partial charge in [-0.3, -0.25) is 0 Å². The van der Waals surface area contributed by atoms with Gasteiger partial charge in [0.15, 0.2) is 0 Å². The Hall–Kier alpha value is -6.72. The third-order valence-corrected chi connectivity index (χ3v) is 13.8. The highest BCUT2D eigenvalue weighted by atomic mass is 15.0. The third-order valence-electron chi connectivity index (χ3n) is 13.8. The van der Waals surface area contributed by atoms with Gasteiger partial charge in [0.05, 0.1) is 0 Å². The van der Waals surface area contributed by atoms with Gasteiger partial charge in [0, 0.05) is 135 Å². The second-order valence-corrected chi connectivity index (χ2v) is 16.7. The molecule has 61 heavy (non-hydrogen) atoms. The van der Waals surface area contributed by atoms with Crippen molar-refractivity contribution in [3.05, 3.63) is 192 Å². The number of rotatable bonds is 11. The fraction of sp³-hybridized carbons (Fsp3) is 0.214. The zero-order valence-corrected chi connectivity index (χ0v) is 35.9. The van der Waals surface area contributed by atoms with Crippen LogP contribution in [0.4, 0.5) is 0 Å². The Labute approximate surface area is 357 Å². The summed E-state index contributed by atoms with van der Waals surface area (Å²) >= 11 is 0. The van der Waals surface area contributed by atoms with Gasteiger partial charge in [0.2, 0.25) is 0 Å². The number of nitrogens with zero attached hydrogens (tertiary/aromatic N) is 5. The van der Waals surface area contributed by atoms with Gasteiger partial charge in [-0.2, -0.15) is 0 Å². The molecule has 5 nitrogen and oxygen atoms in total. The average Bonchev–Trinajstić information content (AvgIpc) is 4.13. The molecule has 0 amide bonds. The van der Waals surface area contributed by atoms with Crippen molar-refractivity contribution in [2.75, 3.05) is 0 Å². The van der Waals surface area contributed by atoms with Gasteiger partial charge in [0.1, 0.15) is 0 Å². The monoisotopic (exact) mass is 795 g/mol. The largest absolute Gasteiger partial charge is 0.347 e. The van der Waals surface area contributed by atoms with E-state index < -0.39 is 0 Å². The molecule has 0 aliphatic heterocycles. The van der Waals surface area contributed by atoms with Crippen LogP contribution >= 0.6 is 0 Å². The number of para-hydroxylation sites is 4. The van der Waals surface area contributed by atoms with Gasteiger partial charge in [-0.15, -0.1) is 0 Å². The average molecular weight is 796 g/mol. The van der Waals surface area contributed by atoms with Gasteiger partial charge >= 0.3 is 0 Å². The Bertz CT molecular complexity index is 3040. The van der Waals surface area contributed by atoms with Gasteiger partial charge in [-0.05, 0) is 117 Å². The van der Waals surface area contributed by atoms with E-state index in [1.807, 2.05) is 0 Å². The van der Waals surface area contributed by atoms with Crippen LogP contribution in [0, 0.1) is 0 Å². The molecule has 0 spiro atoms. The molecule has 11 aromatic rings. The fourth-order valence-electron chi connectivity index (χ4n) is 11.0. The smallest absolute Gasteiger partial charge is 0.0491 e. The molecular formula is C56H53N5. The van der Waals surface area contributed by atoms with Crippen LogP contribution in [0.5, 0.6) is 0 Å². The molecule has 5 heteroatoms. The summed E-state index contributed by atoms with van der Waals surface area (Å²) in [4.78, 5) is 0. The van der Waals surface area contributed by atoms with E-state index in [1.165, 1.54) is 98.8 Å². The van der Waals surface area contributed by atoms with Crippen molar-refractivity contribution in [1.82, 2.24) is 22.8 Å². The minimum absolute atomic E-state index is 0.0381. The summed E-state index contributed by atoms with van der Waals surface area (Å²) in [6.45, 7) is 15.9. The van der Waals surface area contributed by atoms with E-state index in [2.05, 4.69) is 216 Å². The van der Waals surface area contributed by atoms with Crippen molar-refractivity contribution in [3.8, 4) is 0 Å². The van der Waals surface area contributed by atoms with Crippen molar-refractivity contribution >= 4 is 65.4 Å². The highest BCUT2D eigenvalue weighted by molar-refractivity contribution is 6.09. The van der Waals surface area contributed by atoms with Crippen LogP contribution in [0.3, 0.4) is 0 Å². The molecule has 11 rings (SSSR count). The van der Waals surface area contributed by atoms with Gasteiger partial charge in [0.25, 0.3) is 0 Å². The van der Waals surface area contributed by atoms with Crippen LogP contribution in [0.15, 0.2) is 158 Å². The highest BCUT2D eigenvalue weighted by Crippen LogP contribution is 2.45. The maximum Gasteiger partial charge on any atom is 0.0491 e. The summed E-state index contributed by atoms with van der Waals surface area (Å²) in [6, 6.07) is 50.6. The molecule has 0 saturated carbocycles. The Morgan fingerprint density at radius 1 is 0.311 bits per heavy atom. The van der Waals surface area contributed by atoms with E-state index in [9.17, 15) is 0 Å². The van der Waals surface area contributed by atoms with Gasteiger partial charge < -0.3 is 22.8 Å². The molecular weight excluding hydrogens is 743 g/mol. The molecule has 0 aliphatic carbocycles. The van der Waals surface area contributed by atoms with Crippen molar-refractivity contribution in [3.63, 3.8) is 0 Å². The van der Waals surface area contributed by atoms with Crippen LogP contribution in [0.2, 0.25) is 0 Å². The van der Waals surface area contributed by atoms with Crippen LogP contribution < -0.4 is 0 Å². The Morgan fingerprint density at radius 2 is 0.607 bits per heavy atom. The van der Waals surface area contributed by atoms with Gasteiger partial charge in [-0.1, -0.05) is 84.9 Å². The third kappa shape index (κ3) is 5.66. The summed E-state index contributed by atoms with van der Waals surface area (Å²) in [7, 11) is 0. The molecule has 302 valence electrons. The Kier molecular flexibility index (Phi) is 9.03. The maximum atomic E-state index is 2.54. The van der Waals surface area contributed by atoms with Crippen LogP contribution in [0.25, 0.3) is 65.4 Å². The lowest BCUT2D eigenvalue weighted by Crippen LogP contribution is -2.04. The Balaban J connectivity index is 1.18. The summed E-state index contributed by atoms with van der Waals surface area (Å²) in [5, 5.41) is 7.90. The SMILES string of the molecule is CCn1cc(C(c2ccc3c(c2)c2cc(C(c4cn(CC)c5ccccc45)c4cn(CC)c5ccccc45)ccc2n3CC)c2cn(CC)c3ccccc23)c2ccccc21. The Morgan fingerprint density at radius 3 is 0.885 bits per heavy atom. The topological polar surface area (TPSA) is 24.6 Å². The lowest BCUT2D eigenvalue weighted by molar-refractivity contribution is 0.782. The zero-order valence-electron chi connectivity index (χ0n) is 35.9. The molecule has 5 aromatic heterocycles. The van der Waals surface area contributed by atoms with Gasteiger partial charge in [-0.25, -0.2) is 0 Å². The van der Waals surface area contributed by atoms with E-state index in [4.69, 9.17) is 0 Å². The summed E-state index contributed by atoms with van der Waals surface area (Å²) in [5.74, 6) is 0.0761. The van der Waals surface area contributed by atoms with E-state index in [-0.39, 0.29) is 11.8 Å². The van der Waals surface area contributed by atoms with Crippen LogP contribution in [0.1, 0.15) is 79.8 Å². The predicted molar refractivity (Wildman–Crippen MR) is 257 cm³/mol. The number of benzene rings is 6. The molecule has 5 heterocycles. The normalized spacial score (nSPS) is 12.3. The molecule has 0 atom stereocenters. The predicted octanol–water partition coefficient (Wildman–Crippen LogP) is 14.1. The first-order valence-electron chi connectivity index (χ1n) is 22.4. The summed E-state index contributed by atoms with van der Waals surface area (Å²) < 4.78 is 12.2. The molecule has 6 aromatic carbocycles. The lowest BCUT2D eigenvalue weighted by Gasteiger charge is -2.19. The fourth-order valence-corrected chi connectivity index (χ4v) is 11.0. The molecule has 0 radical (unpaired) electrons. The van der Waals surface area contributed by atoms with E-state index >= 15 is 0 Å². The second-order valence-electron chi connectivity index (χ2n) is 16.7. The molecule has 0 bridgehead atoms. The lowest BCUT2D eigenvalue weighted by atomic mass is 9.83. The molecule has 0 unspecified atom stereocenters. The van der Waals surface area contributed by atoms with E-state index in [0.29, 0.717) is 0 Å². The molecule has 0 fully saturated rings. The molecule has 0 aliphatic rings. The quantitative estimate of drug-likeness (QED) is 0.125. The molecule has 0 saturated heterocycles. The van der Waals surface area contributed by atoms with Crippen molar-refractivity contribution < 1.29 is 0 Å². The van der Waals surface area contributed by atoms with E-state index in [0.717, 1.165) is 32.7 Å².